The smallest absolute Gasteiger partial charge is 0.315 e. The van der Waals surface area contributed by atoms with Crippen LogP contribution in [-0.2, 0) is 4.79 Å². The summed E-state index contributed by atoms with van der Waals surface area (Å²) in [5, 5.41) is 20.9. The summed E-state index contributed by atoms with van der Waals surface area (Å²) in [5.41, 5.74) is 0.488. The first-order valence-electron chi connectivity index (χ1n) is 7.30. The molecule has 0 aromatic heterocycles. The second-order valence-corrected chi connectivity index (χ2v) is 6.88. The molecule has 1 heterocycles. The summed E-state index contributed by atoms with van der Waals surface area (Å²) in [4.78, 5) is 24.8. The molecule has 1 aliphatic rings. The van der Waals surface area contributed by atoms with E-state index in [-0.39, 0.29) is 11.7 Å². The van der Waals surface area contributed by atoms with Crippen LogP contribution in [0.4, 0.5) is 11.4 Å². The molecule has 1 fully saturated rings. The average molecular weight is 388 g/mol. The summed E-state index contributed by atoms with van der Waals surface area (Å²) in [7, 11) is 1.29. The van der Waals surface area contributed by atoms with Crippen LogP contribution in [0, 0.1) is 10.1 Å². The summed E-state index contributed by atoms with van der Waals surface area (Å²) in [5.74, 6) is -0.934. The van der Waals surface area contributed by atoms with Crippen LogP contribution in [0.25, 0.3) is 6.08 Å². The first-order valence-corrected chi connectivity index (χ1v) is 8.53. The third kappa shape index (κ3) is 3.26. The van der Waals surface area contributed by atoms with Crippen molar-refractivity contribution in [2.45, 2.75) is 0 Å². The number of phenolic OH excluding ortho intramolecular Hbond substituents is 1. The van der Waals surface area contributed by atoms with Gasteiger partial charge in [-0.1, -0.05) is 42.2 Å². The van der Waals surface area contributed by atoms with E-state index in [0.29, 0.717) is 20.5 Å². The Bertz CT molecular complexity index is 944. The number of rotatable bonds is 4. The number of ether oxygens (including phenoxy) is 1. The second kappa shape index (κ2) is 7.14. The maximum Gasteiger partial charge on any atom is 0.315 e. The molecule has 2 aromatic rings. The largest absolute Gasteiger partial charge is 0.500 e. The van der Waals surface area contributed by atoms with E-state index >= 15 is 0 Å². The summed E-state index contributed by atoms with van der Waals surface area (Å²) >= 11 is 6.38. The number of hydrogen-bond donors (Lipinski definition) is 1. The van der Waals surface area contributed by atoms with E-state index in [1.54, 1.807) is 24.3 Å². The SMILES string of the molecule is COc1cc(/C=C2\SC(=S)N(c3ccccc3)C2=O)cc([N+](=O)[O-])c1O. The van der Waals surface area contributed by atoms with Crippen LogP contribution in [0.2, 0.25) is 0 Å². The lowest BCUT2D eigenvalue weighted by Gasteiger charge is -2.13. The fourth-order valence-corrected chi connectivity index (χ4v) is 3.71. The van der Waals surface area contributed by atoms with Gasteiger partial charge in [-0.3, -0.25) is 19.8 Å². The number of methoxy groups -OCH3 is 1. The monoisotopic (exact) mass is 388 g/mol. The number of carbonyl (C=O) groups excluding carboxylic acids is 1. The van der Waals surface area contributed by atoms with E-state index in [1.165, 1.54) is 30.2 Å². The number of hydrogen-bond acceptors (Lipinski definition) is 7. The van der Waals surface area contributed by atoms with Crippen molar-refractivity contribution in [2.24, 2.45) is 0 Å². The van der Waals surface area contributed by atoms with Crippen molar-refractivity contribution in [1.82, 2.24) is 0 Å². The van der Waals surface area contributed by atoms with Crippen LogP contribution < -0.4 is 9.64 Å². The molecule has 0 bridgehead atoms. The maximum absolute atomic E-state index is 12.7. The van der Waals surface area contributed by atoms with E-state index in [1.807, 2.05) is 6.07 Å². The third-order valence-electron chi connectivity index (χ3n) is 3.60. The molecular formula is C17H12N2O5S2. The Morgan fingerprint density at radius 2 is 2.00 bits per heavy atom. The summed E-state index contributed by atoms with van der Waals surface area (Å²) < 4.78 is 5.34. The molecule has 3 rings (SSSR count). The van der Waals surface area contributed by atoms with E-state index in [2.05, 4.69) is 0 Å². The maximum atomic E-state index is 12.7. The van der Waals surface area contributed by atoms with Crippen LogP contribution >= 0.6 is 24.0 Å². The molecule has 26 heavy (non-hydrogen) atoms. The predicted molar refractivity (Wildman–Crippen MR) is 103 cm³/mol. The highest BCUT2D eigenvalue weighted by molar-refractivity contribution is 8.27. The van der Waals surface area contributed by atoms with Gasteiger partial charge >= 0.3 is 5.69 Å². The molecule has 0 unspecified atom stereocenters. The van der Waals surface area contributed by atoms with Crippen molar-refractivity contribution in [2.75, 3.05) is 12.0 Å². The van der Waals surface area contributed by atoms with Crippen LogP contribution in [-0.4, -0.2) is 27.4 Å². The van der Waals surface area contributed by atoms with Gasteiger partial charge in [-0.2, -0.15) is 0 Å². The van der Waals surface area contributed by atoms with Crippen molar-refractivity contribution in [3.63, 3.8) is 0 Å². The highest BCUT2D eigenvalue weighted by atomic mass is 32.2. The molecule has 1 saturated heterocycles. The lowest BCUT2D eigenvalue weighted by Crippen LogP contribution is -2.27. The van der Waals surface area contributed by atoms with Crippen molar-refractivity contribution in [1.29, 1.82) is 0 Å². The van der Waals surface area contributed by atoms with Gasteiger partial charge in [-0.25, -0.2) is 0 Å². The number of aromatic hydroxyl groups is 1. The standard InChI is InChI=1S/C17H12N2O5S2/c1-24-13-8-10(7-12(15(13)20)19(22)23)9-14-16(21)18(17(25)26-14)11-5-3-2-4-6-11/h2-9,20H,1H3/b14-9-. The quantitative estimate of drug-likeness (QED) is 0.369. The Kier molecular flexibility index (Phi) is 4.92. The van der Waals surface area contributed by atoms with Crippen molar-refractivity contribution >= 4 is 51.7 Å². The van der Waals surface area contributed by atoms with Crippen LogP contribution in [0.3, 0.4) is 0 Å². The molecule has 0 atom stereocenters. The number of benzene rings is 2. The number of amides is 1. The number of para-hydroxylation sites is 1. The van der Waals surface area contributed by atoms with E-state index in [0.717, 1.165) is 11.8 Å². The minimum Gasteiger partial charge on any atom is -0.500 e. The normalized spacial score (nSPS) is 15.6. The number of anilines is 1. The van der Waals surface area contributed by atoms with Crippen LogP contribution in [0.15, 0.2) is 47.4 Å². The van der Waals surface area contributed by atoms with E-state index in [4.69, 9.17) is 17.0 Å². The van der Waals surface area contributed by atoms with Gasteiger partial charge in [0.2, 0.25) is 5.75 Å². The number of carbonyl (C=O) groups is 1. The van der Waals surface area contributed by atoms with Gasteiger partial charge in [-0.05, 0) is 29.8 Å². The van der Waals surface area contributed by atoms with Crippen molar-refractivity contribution in [3.8, 4) is 11.5 Å². The summed E-state index contributed by atoms with van der Waals surface area (Å²) in [6, 6.07) is 11.5. The van der Waals surface area contributed by atoms with Gasteiger partial charge in [0.25, 0.3) is 5.91 Å². The minimum atomic E-state index is -0.718. The molecule has 1 aliphatic heterocycles. The first kappa shape index (κ1) is 17.9. The molecular weight excluding hydrogens is 376 g/mol. The van der Waals surface area contributed by atoms with Crippen LogP contribution in [0.5, 0.6) is 11.5 Å². The molecule has 0 saturated carbocycles. The van der Waals surface area contributed by atoms with Gasteiger partial charge in [-0.15, -0.1) is 0 Å². The molecule has 0 aliphatic carbocycles. The Morgan fingerprint density at radius 3 is 2.62 bits per heavy atom. The molecule has 0 spiro atoms. The Balaban J connectivity index is 2.01. The number of nitro benzene ring substituents is 1. The Labute approximate surface area is 158 Å². The third-order valence-corrected chi connectivity index (χ3v) is 4.90. The summed E-state index contributed by atoms with van der Waals surface area (Å²) in [6.07, 6.45) is 1.48. The predicted octanol–water partition coefficient (Wildman–Crippen LogP) is 3.71. The van der Waals surface area contributed by atoms with Gasteiger partial charge < -0.3 is 9.84 Å². The lowest BCUT2D eigenvalue weighted by atomic mass is 10.1. The number of nitrogens with zero attached hydrogens (tertiary/aromatic N) is 2. The fourth-order valence-electron chi connectivity index (χ4n) is 2.41. The zero-order valence-electron chi connectivity index (χ0n) is 13.4. The van der Waals surface area contributed by atoms with E-state index < -0.39 is 16.4 Å². The van der Waals surface area contributed by atoms with Crippen molar-refractivity contribution < 1.29 is 19.6 Å². The topological polar surface area (TPSA) is 92.9 Å². The molecule has 2 aromatic carbocycles. The highest BCUT2D eigenvalue weighted by Gasteiger charge is 2.33. The van der Waals surface area contributed by atoms with Gasteiger partial charge in [0.05, 0.1) is 22.6 Å². The molecule has 0 radical (unpaired) electrons. The number of thioether (sulfide) groups is 1. The second-order valence-electron chi connectivity index (χ2n) is 5.20. The molecule has 1 N–H and O–H groups in total. The molecule has 7 nitrogen and oxygen atoms in total. The van der Waals surface area contributed by atoms with E-state index in [9.17, 15) is 20.0 Å². The molecule has 1 amide bonds. The number of nitro groups is 1. The zero-order valence-corrected chi connectivity index (χ0v) is 15.0. The Morgan fingerprint density at radius 1 is 1.31 bits per heavy atom. The molecule has 9 heteroatoms. The Hall–Kier alpha value is -2.91. The first-order chi connectivity index (χ1) is 12.4. The highest BCUT2D eigenvalue weighted by Crippen LogP contribution is 2.40. The van der Waals surface area contributed by atoms with Gasteiger partial charge in [0.1, 0.15) is 0 Å². The lowest BCUT2D eigenvalue weighted by molar-refractivity contribution is -0.386. The van der Waals surface area contributed by atoms with Crippen molar-refractivity contribution in [3.05, 3.63) is 63.0 Å². The number of phenols is 1. The minimum absolute atomic E-state index is 0.0519. The number of thiocarbonyl (C=S) groups is 1. The van der Waals surface area contributed by atoms with Gasteiger partial charge in [0, 0.05) is 6.07 Å². The average Bonchev–Trinajstić information content (AvgIpc) is 2.90. The van der Waals surface area contributed by atoms with Gasteiger partial charge in [0.15, 0.2) is 10.1 Å². The summed E-state index contributed by atoms with van der Waals surface area (Å²) in [6.45, 7) is 0. The molecule has 132 valence electrons. The zero-order chi connectivity index (χ0) is 18.8. The van der Waals surface area contributed by atoms with Crippen LogP contribution in [0.1, 0.15) is 5.56 Å². The fraction of sp³-hybridized carbons (Fsp3) is 0.0588.